The van der Waals surface area contributed by atoms with Crippen molar-refractivity contribution in [3.05, 3.63) is 29.5 Å². The van der Waals surface area contributed by atoms with Crippen molar-refractivity contribution in [3.8, 4) is 0 Å². The number of amides is 3. The molecule has 22 heavy (non-hydrogen) atoms. The zero-order chi connectivity index (χ0) is 15.9. The summed E-state index contributed by atoms with van der Waals surface area (Å²) in [5, 5.41) is 9.29. The number of urea groups is 1. The Hall–Kier alpha value is -2.55. The number of aryl methyl sites for hydroxylation is 1. The maximum absolute atomic E-state index is 11.2. The van der Waals surface area contributed by atoms with Gasteiger partial charge >= 0.3 is 6.03 Å². The topological polar surface area (TPSA) is 127 Å². The highest BCUT2D eigenvalue weighted by Gasteiger charge is 2.06. The lowest BCUT2D eigenvalue weighted by Gasteiger charge is -1.98. The van der Waals surface area contributed by atoms with Gasteiger partial charge in [-0.2, -0.15) is 0 Å². The third kappa shape index (κ3) is 5.09. The number of aromatic amines is 1. The second-order valence-corrected chi connectivity index (χ2v) is 5.36. The molecular formula is C13H15N5O3S. The number of hydrogen-bond acceptors (Lipinski definition) is 6. The largest absolute Gasteiger partial charge is 0.462 e. The van der Waals surface area contributed by atoms with Gasteiger partial charge in [0, 0.05) is 12.2 Å². The number of H-pyrrole nitrogens is 1. The Balaban J connectivity index is 1.80. The molecule has 2 rings (SSSR count). The molecular weight excluding hydrogens is 306 g/mol. The number of aromatic nitrogens is 3. The summed E-state index contributed by atoms with van der Waals surface area (Å²) in [5.74, 6) is 2.16. The quantitative estimate of drug-likeness (QED) is 0.693. The van der Waals surface area contributed by atoms with Gasteiger partial charge in [0.05, 0.1) is 0 Å². The van der Waals surface area contributed by atoms with Crippen LogP contribution in [0.5, 0.6) is 0 Å². The van der Waals surface area contributed by atoms with Gasteiger partial charge in [0.15, 0.2) is 0 Å². The maximum Gasteiger partial charge on any atom is 0.318 e. The van der Waals surface area contributed by atoms with Gasteiger partial charge in [0.2, 0.25) is 11.1 Å². The molecule has 3 amide bonds. The number of carbonyl (C=O) groups is 2. The third-order valence-corrected chi connectivity index (χ3v) is 3.32. The number of imide groups is 1. The van der Waals surface area contributed by atoms with E-state index in [-0.39, 0.29) is 6.42 Å². The standard InChI is InChI=1S/C13H15N5O3S/c1-8-2-3-9(21-8)4-5-10-15-13(18-17-10)22-7-6-11(19)16-12(14)20/h2-5H,6-7H2,1H3,(H,15,17,18)(H3,14,16,19,20)/b5-4+. The summed E-state index contributed by atoms with van der Waals surface area (Å²) >= 11 is 1.30. The van der Waals surface area contributed by atoms with Gasteiger partial charge in [-0.1, -0.05) is 11.8 Å². The van der Waals surface area contributed by atoms with Crippen molar-refractivity contribution in [1.29, 1.82) is 0 Å². The fourth-order valence-corrected chi connectivity index (χ4v) is 2.28. The summed E-state index contributed by atoms with van der Waals surface area (Å²) in [6.07, 6.45) is 3.68. The molecule has 2 aromatic rings. The molecule has 0 aliphatic carbocycles. The molecule has 0 saturated heterocycles. The Morgan fingerprint density at radius 1 is 1.45 bits per heavy atom. The van der Waals surface area contributed by atoms with Crippen molar-refractivity contribution in [2.24, 2.45) is 5.73 Å². The molecule has 8 nitrogen and oxygen atoms in total. The first-order chi connectivity index (χ1) is 10.5. The van der Waals surface area contributed by atoms with E-state index < -0.39 is 11.9 Å². The molecule has 0 spiro atoms. The first-order valence-electron chi connectivity index (χ1n) is 6.42. The fourth-order valence-electron chi connectivity index (χ4n) is 1.54. The summed E-state index contributed by atoms with van der Waals surface area (Å²) < 4.78 is 5.40. The average Bonchev–Trinajstić information content (AvgIpc) is 3.05. The van der Waals surface area contributed by atoms with E-state index in [1.807, 2.05) is 24.4 Å². The van der Waals surface area contributed by atoms with Crippen molar-refractivity contribution in [3.63, 3.8) is 0 Å². The summed E-state index contributed by atoms with van der Waals surface area (Å²) in [4.78, 5) is 25.9. The number of carbonyl (C=O) groups excluding carboxylic acids is 2. The summed E-state index contributed by atoms with van der Waals surface area (Å²) in [6.45, 7) is 1.87. The molecule has 4 N–H and O–H groups in total. The molecule has 2 heterocycles. The van der Waals surface area contributed by atoms with Crippen LogP contribution in [0, 0.1) is 6.92 Å². The van der Waals surface area contributed by atoms with Gasteiger partial charge in [-0.05, 0) is 31.2 Å². The van der Waals surface area contributed by atoms with Gasteiger partial charge in [-0.25, -0.2) is 9.78 Å². The van der Waals surface area contributed by atoms with E-state index in [2.05, 4.69) is 15.2 Å². The highest BCUT2D eigenvalue weighted by Crippen LogP contribution is 2.15. The van der Waals surface area contributed by atoms with Crippen LogP contribution in [0.2, 0.25) is 0 Å². The molecule has 9 heteroatoms. The molecule has 116 valence electrons. The van der Waals surface area contributed by atoms with E-state index in [9.17, 15) is 9.59 Å². The van der Waals surface area contributed by atoms with Gasteiger partial charge in [0.25, 0.3) is 0 Å². The number of thioether (sulfide) groups is 1. The molecule has 0 unspecified atom stereocenters. The van der Waals surface area contributed by atoms with Gasteiger partial charge in [-0.3, -0.25) is 15.2 Å². The van der Waals surface area contributed by atoms with Crippen molar-refractivity contribution >= 4 is 35.9 Å². The molecule has 0 fully saturated rings. The minimum atomic E-state index is -0.853. The highest BCUT2D eigenvalue weighted by atomic mass is 32.2. The number of nitrogens with one attached hydrogen (secondary N) is 2. The minimum Gasteiger partial charge on any atom is -0.462 e. The molecule has 0 atom stereocenters. The Morgan fingerprint density at radius 2 is 2.27 bits per heavy atom. The van der Waals surface area contributed by atoms with Crippen LogP contribution in [-0.4, -0.2) is 32.9 Å². The molecule has 0 aromatic carbocycles. The first-order valence-corrected chi connectivity index (χ1v) is 7.40. The number of furan rings is 1. The smallest absolute Gasteiger partial charge is 0.318 e. The summed E-state index contributed by atoms with van der Waals surface area (Å²) in [6, 6.07) is 2.88. The number of primary amides is 1. The van der Waals surface area contributed by atoms with Crippen LogP contribution >= 0.6 is 11.8 Å². The third-order valence-electron chi connectivity index (χ3n) is 2.47. The average molecular weight is 321 g/mol. The number of nitrogens with zero attached hydrogens (tertiary/aromatic N) is 2. The van der Waals surface area contributed by atoms with Crippen LogP contribution in [0.25, 0.3) is 12.2 Å². The minimum absolute atomic E-state index is 0.152. The van der Waals surface area contributed by atoms with Crippen LogP contribution < -0.4 is 11.1 Å². The SMILES string of the molecule is Cc1ccc(/C=C/c2nc(SCCC(=O)NC(N)=O)n[nH]2)o1. The lowest BCUT2D eigenvalue weighted by atomic mass is 10.4. The van der Waals surface area contributed by atoms with E-state index in [0.717, 1.165) is 11.5 Å². The van der Waals surface area contributed by atoms with E-state index in [0.29, 0.717) is 16.7 Å². The maximum atomic E-state index is 11.2. The van der Waals surface area contributed by atoms with Gasteiger partial charge < -0.3 is 10.2 Å². The van der Waals surface area contributed by atoms with Crippen LogP contribution in [0.1, 0.15) is 23.8 Å². The monoisotopic (exact) mass is 321 g/mol. The van der Waals surface area contributed by atoms with E-state index in [1.165, 1.54) is 11.8 Å². The second kappa shape index (κ2) is 7.46. The normalized spacial score (nSPS) is 11.0. The van der Waals surface area contributed by atoms with Crippen molar-refractivity contribution in [1.82, 2.24) is 20.5 Å². The Bertz CT molecular complexity index is 691. The highest BCUT2D eigenvalue weighted by molar-refractivity contribution is 7.99. The van der Waals surface area contributed by atoms with Crippen LogP contribution in [-0.2, 0) is 4.79 Å². The Labute approximate surface area is 130 Å². The number of hydrogen-bond donors (Lipinski definition) is 3. The molecule has 0 bridgehead atoms. The van der Waals surface area contributed by atoms with E-state index >= 15 is 0 Å². The Morgan fingerprint density at radius 3 is 2.95 bits per heavy atom. The predicted octanol–water partition coefficient (Wildman–Crippen LogP) is 1.55. The number of nitrogens with two attached hydrogens (primary N) is 1. The van der Waals surface area contributed by atoms with E-state index in [1.54, 1.807) is 12.2 Å². The summed E-state index contributed by atoms with van der Waals surface area (Å²) in [7, 11) is 0. The molecule has 0 radical (unpaired) electrons. The van der Waals surface area contributed by atoms with Crippen molar-refractivity contribution < 1.29 is 14.0 Å². The van der Waals surface area contributed by atoms with Gasteiger partial charge in [-0.15, -0.1) is 5.10 Å². The van der Waals surface area contributed by atoms with Crippen LogP contribution in [0.15, 0.2) is 21.7 Å². The van der Waals surface area contributed by atoms with Crippen LogP contribution in [0.3, 0.4) is 0 Å². The van der Waals surface area contributed by atoms with Crippen molar-refractivity contribution in [2.75, 3.05) is 5.75 Å². The van der Waals surface area contributed by atoms with E-state index in [4.69, 9.17) is 10.2 Å². The zero-order valence-electron chi connectivity index (χ0n) is 11.8. The molecule has 2 aromatic heterocycles. The van der Waals surface area contributed by atoms with Gasteiger partial charge in [0.1, 0.15) is 17.3 Å². The lowest BCUT2D eigenvalue weighted by Crippen LogP contribution is -2.35. The van der Waals surface area contributed by atoms with Crippen molar-refractivity contribution in [2.45, 2.75) is 18.5 Å². The predicted molar refractivity (Wildman–Crippen MR) is 81.8 cm³/mol. The molecule has 0 aliphatic rings. The molecule has 0 aliphatic heterocycles. The second-order valence-electron chi connectivity index (χ2n) is 4.30. The summed E-state index contributed by atoms with van der Waals surface area (Å²) in [5.41, 5.74) is 4.84. The lowest BCUT2D eigenvalue weighted by molar-refractivity contribution is -0.119. The Kier molecular flexibility index (Phi) is 5.37. The van der Waals surface area contributed by atoms with Crippen LogP contribution in [0.4, 0.5) is 4.79 Å². The zero-order valence-corrected chi connectivity index (χ0v) is 12.6. The molecule has 0 saturated carbocycles. The fraction of sp³-hybridized carbons (Fsp3) is 0.231. The number of rotatable bonds is 6. The first kappa shape index (κ1) is 15.8.